The molecule has 1 aromatic rings. The van der Waals surface area contributed by atoms with E-state index in [0.717, 1.165) is 25.7 Å². The second-order valence-electron chi connectivity index (χ2n) is 5.64. The van der Waals surface area contributed by atoms with Crippen LogP contribution in [0.2, 0.25) is 0 Å². The minimum atomic E-state index is 0.00278. The third kappa shape index (κ3) is 3.11. The Kier molecular flexibility index (Phi) is 4.17. The van der Waals surface area contributed by atoms with E-state index in [2.05, 4.69) is 26.1 Å². The van der Waals surface area contributed by atoms with Crippen LogP contribution in [0.15, 0.2) is 12.3 Å². The Labute approximate surface area is 115 Å². The summed E-state index contributed by atoms with van der Waals surface area (Å²) in [6.07, 6.45) is 6.36. The van der Waals surface area contributed by atoms with Gasteiger partial charge in [0.2, 0.25) is 0 Å². The first-order valence-electron chi connectivity index (χ1n) is 7.35. The zero-order valence-electron chi connectivity index (χ0n) is 12.1. The maximum Gasteiger partial charge on any atom is 0.268 e. The van der Waals surface area contributed by atoms with Crippen molar-refractivity contribution in [3.05, 3.63) is 18.0 Å². The van der Waals surface area contributed by atoms with Gasteiger partial charge in [-0.2, -0.15) is 0 Å². The fraction of sp³-hybridized carbons (Fsp3) is 0.667. The highest BCUT2D eigenvalue weighted by atomic mass is 16.2. The van der Waals surface area contributed by atoms with Gasteiger partial charge in [-0.25, -0.2) is 0 Å². The number of hydrogen-bond acceptors (Lipinski definition) is 2. The topological polar surface area (TPSA) is 60.1 Å². The minimum Gasteiger partial charge on any atom is -0.397 e. The quantitative estimate of drug-likeness (QED) is 0.829. The summed E-state index contributed by atoms with van der Waals surface area (Å²) in [6.45, 7) is 6.42. The molecule has 0 spiro atoms. The number of nitrogens with one attached hydrogen (secondary N) is 1. The number of nitrogen functional groups attached to an aromatic ring is 1. The lowest BCUT2D eigenvalue weighted by Gasteiger charge is -2.22. The second kappa shape index (κ2) is 5.68. The van der Waals surface area contributed by atoms with Crippen LogP contribution in [0.1, 0.15) is 63.0 Å². The Morgan fingerprint density at radius 3 is 2.63 bits per heavy atom. The zero-order chi connectivity index (χ0) is 14.0. The van der Waals surface area contributed by atoms with E-state index in [0.29, 0.717) is 23.3 Å². The number of carbonyl (C=O) groups is 1. The van der Waals surface area contributed by atoms with Gasteiger partial charge in [0.25, 0.3) is 5.91 Å². The maximum atomic E-state index is 12.4. The lowest BCUT2D eigenvalue weighted by Crippen LogP contribution is -2.38. The van der Waals surface area contributed by atoms with Gasteiger partial charge in [-0.05, 0) is 31.7 Å². The van der Waals surface area contributed by atoms with Gasteiger partial charge in [0.15, 0.2) is 0 Å². The van der Waals surface area contributed by atoms with Crippen molar-refractivity contribution in [1.82, 2.24) is 9.88 Å². The molecule has 2 rings (SSSR count). The molecule has 1 unspecified atom stereocenters. The zero-order valence-corrected chi connectivity index (χ0v) is 12.1. The molecule has 106 valence electrons. The van der Waals surface area contributed by atoms with Gasteiger partial charge in [-0.15, -0.1) is 0 Å². The Morgan fingerprint density at radius 1 is 1.47 bits per heavy atom. The predicted molar refractivity (Wildman–Crippen MR) is 78.1 cm³/mol. The fourth-order valence-corrected chi connectivity index (χ4v) is 2.73. The molecule has 19 heavy (non-hydrogen) atoms. The standard InChI is InChI=1S/C15H25N3O/c1-4-11(5-2)10(3)17-15(19)14-8-12(16)9-18(14)13-6-7-13/h8-11,13H,4-7,16H2,1-3H3,(H,17,19). The molecule has 1 heterocycles. The van der Waals surface area contributed by atoms with Crippen molar-refractivity contribution < 1.29 is 4.79 Å². The van der Waals surface area contributed by atoms with E-state index in [1.165, 1.54) is 0 Å². The largest absolute Gasteiger partial charge is 0.397 e. The molecule has 1 saturated carbocycles. The van der Waals surface area contributed by atoms with Gasteiger partial charge in [0.05, 0.1) is 5.69 Å². The number of nitrogens with two attached hydrogens (primary N) is 1. The number of amides is 1. The average molecular weight is 263 g/mol. The summed E-state index contributed by atoms with van der Waals surface area (Å²) in [7, 11) is 0. The van der Waals surface area contributed by atoms with Crippen molar-refractivity contribution in [3.63, 3.8) is 0 Å². The number of hydrogen-bond donors (Lipinski definition) is 2. The molecule has 1 atom stereocenters. The first-order chi connectivity index (χ1) is 9.06. The van der Waals surface area contributed by atoms with Crippen molar-refractivity contribution in [2.24, 2.45) is 5.92 Å². The normalized spacial score (nSPS) is 16.6. The van der Waals surface area contributed by atoms with Gasteiger partial charge in [0.1, 0.15) is 5.69 Å². The van der Waals surface area contributed by atoms with E-state index in [1.54, 1.807) is 6.07 Å². The fourth-order valence-electron chi connectivity index (χ4n) is 2.73. The molecular formula is C15H25N3O. The van der Waals surface area contributed by atoms with Crippen LogP contribution >= 0.6 is 0 Å². The molecule has 4 heteroatoms. The summed E-state index contributed by atoms with van der Waals surface area (Å²) in [4.78, 5) is 12.4. The SMILES string of the molecule is CCC(CC)C(C)NC(=O)c1cc(N)cn1C1CC1. The Balaban J connectivity index is 2.07. The van der Waals surface area contributed by atoms with Gasteiger partial charge in [0, 0.05) is 18.3 Å². The molecule has 1 aliphatic carbocycles. The smallest absolute Gasteiger partial charge is 0.268 e. The van der Waals surface area contributed by atoms with Crippen LogP contribution in [0.3, 0.4) is 0 Å². The molecule has 1 aromatic heterocycles. The minimum absolute atomic E-state index is 0.00278. The van der Waals surface area contributed by atoms with Gasteiger partial charge in [-0.3, -0.25) is 4.79 Å². The van der Waals surface area contributed by atoms with Crippen LogP contribution < -0.4 is 11.1 Å². The van der Waals surface area contributed by atoms with Crippen LogP contribution in [0, 0.1) is 5.92 Å². The first-order valence-corrected chi connectivity index (χ1v) is 7.35. The van der Waals surface area contributed by atoms with Crippen LogP contribution in [-0.2, 0) is 0 Å². The number of rotatable bonds is 6. The molecule has 0 bridgehead atoms. The van der Waals surface area contributed by atoms with E-state index >= 15 is 0 Å². The molecule has 0 saturated heterocycles. The van der Waals surface area contributed by atoms with Crippen LogP contribution in [0.4, 0.5) is 5.69 Å². The van der Waals surface area contributed by atoms with Crippen LogP contribution in [-0.4, -0.2) is 16.5 Å². The molecule has 1 amide bonds. The number of nitrogens with zero attached hydrogens (tertiary/aromatic N) is 1. The Bertz CT molecular complexity index is 444. The van der Waals surface area contributed by atoms with E-state index in [4.69, 9.17) is 5.73 Å². The van der Waals surface area contributed by atoms with E-state index in [9.17, 15) is 4.79 Å². The summed E-state index contributed by atoms with van der Waals surface area (Å²) in [5, 5.41) is 3.12. The van der Waals surface area contributed by atoms with Gasteiger partial charge < -0.3 is 15.6 Å². The summed E-state index contributed by atoms with van der Waals surface area (Å²) in [5.41, 5.74) is 7.20. The lowest BCUT2D eigenvalue weighted by atomic mass is 9.95. The highest BCUT2D eigenvalue weighted by Crippen LogP contribution is 2.37. The summed E-state index contributed by atoms with van der Waals surface area (Å²) in [5.74, 6) is 0.536. The maximum absolute atomic E-state index is 12.4. The third-order valence-corrected chi connectivity index (χ3v) is 4.16. The van der Waals surface area contributed by atoms with Gasteiger partial charge in [-0.1, -0.05) is 26.7 Å². The van der Waals surface area contributed by atoms with Crippen molar-refractivity contribution in [2.45, 2.75) is 58.5 Å². The molecule has 0 aliphatic heterocycles. The second-order valence-corrected chi connectivity index (χ2v) is 5.64. The Hall–Kier alpha value is -1.45. The lowest BCUT2D eigenvalue weighted by molar-refractivity contribution is 0.0915. The third-order valence-electron chi connectivity index (χ3n) is 4.16. The molecule has 4 nitrogen and oxygen atoms in total. The van der Waals surface area contributed by atoms with Crippen LogP contribution in [0.5, 0.6) is 0 Å². The number of carbonyl (C=O) groups excluding carboxylic acids is 1. The number of anilines is 1. The van der Waals surface area contributed by atoms with Crippen molar-refractivity contribution in [2.75, 3.05) is 5.73 Å². The molecule has 1 fully saturated rings. The molecular weight excluding hydrogens is 238 g/mol. The number of aromatic nitrogens is 1. The molecule has 0 aromatic carbocycles. The highest BCUT2D eigenvalue weighted by molar-refractivity contribution is 5.94. The average Bonchev–Trinajstić information content (AvgIpc) is 3.13. The monoisotopic (exact) mass is 263 g/mol. The summed E-state index contributed by atoms with van der Waals surface area (Å²) < 4.78 is 2.03. The molecule has 1 aliphatic rings. The first kappa shape index (κ1) is 14.0. The molecule has 3 N–H and O–H groups in total. The van der Waals surface area contributed by atoms with Crippen molar-refractivity contribution in [3.8, 4) is 0 Å². The molecule has 0 radical (unpaired) electrons. The highest BCUT2D eigenvalue weighted by Gasteiger charge is 2.28. The van der Waals surface area contributed by atoms with E-state index in [1.807, 2.05) is 10.8 Å². The van der Waals surface area contributed by atoms with Gasteiger partial charge >= 0.3 is 0 Å². The Morgan fingerprint density at radius 2 is 2.11 bits per heavy atom. The van der Waals surface area contributed by atoms with Crippen molar-refractivity contribution >= 4 is 11.6 Å². The van der Waals surface area contributed by atoms with Crippen LogP contribution in [0.25, 0.3) is 0 Å². The van der Waals surface area contributed by atoms with E-state index in [-0.39, 0.29) is 11.9 Å². The van der Waals surface area contributed by atoms with Crippen molar-refractivity contribution in [1.29, 1.82) is 0 Å². The summed E-state index contributed by atoms with van der Waals surface area (Å²) in [6, 6.07) is 2.46. The summed E-state index contributed by atoms with van der Waals surface area (Å²) >= 11 is 0. The predicted octanol–water partition coefficient (Wildman–Crippen LogP) is 2.96. The van der Waals surface area contributed by atoms with E-state index < -0.39 is 0 Å².